The van der Waals surface area contributed by atoms with Crippen LogP contribution in [0, 0.1) is 12.8 Å². The molecule has 8 heteroatoms. The predicted molar refractivity (Wildman–Crippen MR) is 86.3 cm³/mol. The third-order valence-electron chi connectivity index (χ3n) is 3.78. The van der Waals surface area contributed by atoms with Gasteiger partial charge in [0.2, 0.25) is 10.0 Å². The van der Waals surface area contributed by atoms with Gasteiger partial charge in [-0.05, 0) is 37.5 Å². The molecule has 0 radical (unpaired) electrons. The molecule has 1 aromatic heterocycles. The zero-order chi connectivity index (χ0) is 15.9. The van der Waals surface area contributed by atoms with E-state index in [9.17, 15) is 13.2 Å². The number of nitrogens with two attached hydrogens (primary N) is 1. The average Bonchev–Trinajstić information content (AvgIpc) is 3.00. The number of sulfonamides is 1. The van der Waals surface area contributed by atoms with Crippen molar-refractivity contribution in [2.24, 2.45) is 11.1 Å². The molecule has 1 saturated heterocycles. The van der Waals surface area contributed by atoms with Crippen molar-refractivity contribution in [3.63, 3.8) is 0 Å². The van der Waals surface area contributed by atoms with Gasteiger partial charge in [-0.15, -0.1) is 11.3 Å². The van der Waals surface area contributed by atoms with Gasteiger partial charge in [0.25, 0.3) is 5.91 Å². The molecule has 6 nitrogen and oxygen atoms in total. The molecule has 0 unspecified atom stereocenters. The maximum Gasteiger partial charge on any atom is 0.253 e. The maximum absolute atomic E-state index is 12.5. The van der Waals surface area contributed by atoms with Gasteiger partial charge in [-0.1, -0.05) is 0 Å². The summed E-state index contributed by atoms with van der Waals surface area (Å²) >= 11 is 1.56. The highest BCUT2D eigenvalue weighted by atomic mass is 32.2. The Bertz CT molecular complexity index is 829. The van der Waals surface area contributed by atoms with Gasteiger partial charge in [0.15, 0.2) is 0 Å². The molecule has 118 valence electrons. The Kier molecular flexibility index (Phi) is 3.92. The van der Waals surface area contributed by atoms with Crippen LogP contribution in [0.1, 0.15) is 21.8 Å². The van der Waals surface area contributed by atoms with Crippen molar-refractivity contribution >= 4 is 37.5 Å². The quantitative estimate of drug-likeness (QED) is 0.913. The number of rotatable bonds is 3. The smallest absolute Gasteiger partial charge is 0.253 e. The highest BCUT2D eigenvalue weighted by molar-refractivity contribution is 7.89. The number of primary sulfonamides is 1. The molecule has 1 aliphatic rings. The van der Waals surface area contributed by atoms with Crippen LogP contribution in [0.3, 0.4) is 0 Å². The van der Waals surface area contributed by atoms with Crippen molar-refractivity contribution < 1.29 is 13.2 Å². The van der Waals surface area contributed by atoms with E-state index in [2.05, 4.69) is 4.98 Å². The Hall–Kier alpha value is -1.51. The number of hydrogen-bond donors (Lipinski definition) is 1. The monoisotopic (exact) mass is 339 g/mol. The minimum Gasteiger partial charge on any atom is -0.338 e. The second kappa shape index (κ2) is 5.60. The number of benzene rings is 1. The first-order valence-corrected chi connectivity index (χ1v) is 9.52. The number of aryl methyl sites for hydroxylation is 1. The molecule has 1 atom stereocenters. The molecular formula is C14H17N3O3S2. The number of carbonyl (C=O) groups excluding carboxylic acids is 1. The summed E-state index contributed by atoms with van der Waals surface area (Å²) in [6, 6.07) is 5.48. The van der Waals surface area contributed by atoms with Crippen molar-refractivity contribution in [3.8, 4) is 0 Å². The van der Waals surface area contributed by atoms with Crippen molar-refractivity contribution in [3.05, 3.63) is 28.8 Å². The summed E-state index contributed by atoms with van der Waals surface area (Å²) < 4.78 is 23.3. The largest absolute Gasteiger partial charge is 0.338 e. The third kappa shape index (κ3) is 3.29. The zero-order valence-corrected chi connectivity index (χ0v) is 13.8. The molecule has 1 aromatic carbocycles. The summed E-state index contributed by atoms with van der Waals surface area (Å²) in [5.41, 5.74) is 1.51. The van der Waals surface area contributed by atoms with Crippen LogP contribution >= 0.6 is 11.3 Å². The minimum atomic E-state index is -3.49. The molecule has 3 rings (SSSR count). The lowest BCUT2D eigenvalue weighted by Crippen LogP contribution is -2.30. The van der Waals surface area contributed by atoms with Gasteiger partial charge in [-0.2, -0.15) is 0 Å². The molecule has 1 amide bonds. The highest BCUT2D eigenvalue weighted by Crippen LogP contribution is 2.25. The third-order valence-corrected chi connectivity index (χ3v) is 5.65. The van der Waals surface area contributed by atoms with E-state index >= 15 is 0 Å². The topological polar surface area (TPSA) is 93.4 Å². The maximum atomic E-state index is 12.5. The first-order valence-electron chi connectivity index (χ1n) is 6.99. The fraction of sp³-hybridized carbons (Fsp3) is 0.429. The van der Waals surface area contributed by atoms with E-state index in [0.717, 1.165) is 15.2 Å². The predicted octanol–water partition coefficient (Wildman–Crippen LogP) is 1.36. The van der Waals surface area contributed by atoms with Crippen LogP contribution in [0.15, 0.2) is 18.2 Å². The van der Waals surface area contributed by atoms with Gasteiger partial charge in [-0.25, -0.2) is 18.5 Å². The standard InChI is InChI=1S/C14H17N3O3S2/c1-9-16-12-3-2-11(6-13(12)21-9)14(18)17-5-4-10(7-17)8-22(15,19)20/h2-3,6,10H,4-5,7-8H2,1H3,(H2,15,19,20)/t10-/m1/s1. The Morgan fingerprint density at radius 1 is 1.50 bits per heavy atom. The summed E-state index contributed by atoms with van der Waals surface area (Å²) in [6.07, 6.45) is 0.671. The molecule has 2 heterocycles. The normalized spacial score (nSPS) is 19.0. The molecule has 22 heavy (non-hydrogen) atoms. The van der Waals surface area contributed by atoms with Crippen LogP contribution in [0.25, 0.3) is 10.2 Å². The van der Waals surface area contributed by atoms with Gasteiger partial charge in [0.05, 0.1) is 21.0 Å². The van der Waals surface area contributed by atoms with Crippen LogP contribution < -0.4 is 5.14 Å². The molecule has 0 saturated carbocycles. The molecule has 2 N–H and O–H groups in total. The van der Waals surface area contributed by atoms with E-state index in [4.69, 9.17) is 5.14 Å². The van der Waals surface area contributed by atoms with E-state index in [1.807, 2.05) is 19.1 Å². The van der Waals surface area contributed by atoms with Crippen LogP contribution in [0.5, 0.6) is 0 Å². The Balaban J connectivity index is 1.75. The van der Waals surface area contributed by atoms with E-state index < -0.39 is 10.0 Å². The summed E-state index contributed by atoms with van der Waals surface area (Å²) in [6.45, 7) is 2.94. The number of nitrogens with zero attached hydrogens (tertiary/aromatic N) is 2. The molecule has 1 fully saturated rings. The number of amides is 1. The number of likely N-dealkylation sites (tertiary alicyclic amines) is 1. The fourth-order valence-electron chi connectivity index (χ4n) is 2.84. The summed E-state index contributed by atoms with van der Waals surface area (Å²) in [4.78, 5) is 18.6. The van der Waals surface area contributed by atoms with E-state index in [0.29, 0.717) is 25.1 Å². The fourth-order valence-corrected chi connectivity index (χ4v) is 4.63. The summed E-state index contributed by atoms with van der Waals surface area (Å²) in [5, 5.41) is 6.04. The highest BCUT2D eigenvalue weighted by Gasteiger charge is 2.29. The number of thiazole rings is 1. The van der Waals surface area contributed by atoms with E-state index in [-0.39, 0.29) is 17.6 Å². The van der Waals surface area contributed by atoms with E-state index in [1.54, 1.807) is 22.3 Å². The zero-order valence-electron chi connectivity index (χ0n) is 12.2. The second-order valence-electron chi connectivity index (χ2n) is 5.65. The van der Waals surface area contributed by atoms with Crippen molar-refractivity contribution in [2.45, 2.75) is 13.3 Å². The van der Waals surface area contributed by atoms with Crippen molar-refractivity contribution in [1.29, 1.82) is 0 Å². The van der Waals surface area contributed by atoms with Crippen LogP contribution in [0.2, 0.25) is 0 Å². The van der Waals surface area contributed by atoms with Crippen LogP contribution in [-0.4, -0.2) is 43.1 Å². The van der Waals surface area contributed by atoms with Crippen LogP contribution in [-0.2, 0) is 10.0 Å². The van der Waals surface area contributed by atoms with Gasteiger partial charge in [0, 0.05) is 18.7 Å². The molecular weight excluding hydrogens is 322 g/mol. The lowest BCUT2D eigenvalue weighted by atomic mass is 10.1. The molecule has 2 aromatic rings. The Morgan fingerprint density at radius 3 is 3.00 bits per heavy atom. The summed E-state index contributed by atoms with van der Waals surface area (Å²) in [7, 11) is -3.49. The number of fused-ring (bicyclic) bond motifs is 1. The number of carbonyl (C=O) groups is 1. The lowest BCUT2D eigenvalue weighted by molar-refractivity contribution is 0.0788. The molecule has 0 bridgehead atoms. The molecule has 0 spiro atoms. The van der Waals surface area contributed by atoms with Gasteiger partial charge >= 0.3 is 0 Å². The minimum absolute atomic E-state index is 0.0649. The Morgan fingerprint density at radius 2 is 2.27 bits per heavy atom. The lowest BCUT2D eigenvalue weighted by Gasteiger charge is -2.16. The SMILES string of the molecule is Cc1nc2ccc(C(=O)N3CC[C@@H](CS(N)(=O)=O)C3)cc2s1. The average molecular weight is 339 g/mol. The van der Waals surface area contributed by atoms with Crippen molar-refractivity contribution in [2.75, 3.05) is 18.8 Å². The second-order valence-corrected chi connectivity index (χ2v) is 8.54. The van der Waals surface area contributed by atoms with Crippen molar-refractivity contribution in [1.82, 2.24) is 9.88 Å². The van der Waals surface area contributed by atoms with Crippen LogP contribution in [0.4, 0.5) is 0 Å². The first kappa shape index (κ1) is 15.4. The Labute approximate surface area is 133 Å². The summed E-state index contributed by atoms with van der Waals surface area (Å²) in [5.74, 6) is -0.206. The van der Waals surface area contributed by atoms with Gasteiger partial charge in [-0.3, -0.25) is 4.79 Å². The van der Waals surface area contributed by atoms with E-state index in [1.165, 1.54) is 0 Å². The molecule has 1 aliphatic heterocycles. The number of aromatic nitrogens is 1. The van der Waals surface area contributed by atoms with Gasteiger partial charge in [0.1, 0.15) is 0 Å². The van der Waals surface area contributed by atoms with Gasteiger partial charge < -0.3 is 4.90 Å². The number of hydrogen-bond acceptors (Lipinski definition) is 5. The molecule has 0 aliphatic carbocycles. The first-order chi connectivity index (χ1) is 10.3.